The quantitative estimate of drug-likeness (QED) is 0.835. The summed E-state index contributed by atoms with van der Waals surface area (Å²) < 4.78 is 0. The molecule has 1 heterocycles. The highest BCUT2D eigenvalue weighted by Gasteiger charge is 2.49. The van der Waals surface area contributed by atoms with Crippen LogP contribution < -0.4 is 5.32 Å². The summed E-state index contributed by atoms with van der Waals surface area (Å²) in [6.45, 7) is 6.47. The number of piperazine rings is 1. The summed E-state index contributed by atoms with van der Waals surface area (Å²) >= 11 is 0. The van der Waals surface area contributed by atoms with E-state index in [0.29, 0.717) is 12.3 Å². The van der Waals surface area contributed by atoms with Gasteiger partial charge in [0.2, 0.25) is 11.8 Å². The number of nitrogens with zero attached hydrogens (tertiary/aromatic N) is 1. The monoisotopic (exact) mass is 278 g/mol. The molecule has 3 rings (SSSR count). The first-order chi connectivity index (χ1) is 9.46. The molecule has 0 aromatic rings. The number of rotatable bonds is 5. The van der Waals surface area contributed by atoms with Crippen LogP contribution in [0.4, 0.5) is 0 Å². The highest BCUT2D eigenvalue weighted by Crippen LogP contribution is 2.49. The Labute approximate surface area is 121 Å². The highest BCUT2D eigenvalue weighted by molar-refractivity contribution is 5.99. The molecule has 4 heteroatoms. The Balaban J connectivity index is 1.77. The third-order valence-electron chi connectivity index (χ3n) is 5.55. The third-order valence-corrected chi connectivity index (χ3v) is 5.55. The van der Waals surface area contributed by atoms with Crippen molar-refractivity contribution in [2.45, 2.75) is 64.5 Å². The summed E-state index contributed by atoms with van der Waals surface area (Å²) in [6, 6.07) is -0.317. The molecule has 3 fully saturated rings. The van der Waals surface area contributed by atoms with E-state index < -0.39 is 5.54 Å². The Bertz CT molecular complexity index is 416. The zero-order valence-corrected chi connectivity index (χ0v) is 12.8. The van der Waals surface area contributed by atoms with Crippen molar-refractivity contribution in [3.05, 3.63) is 0 Å². The first kappa shape index (κ1) is 13.9. The second kappa shape index (κ2) is 4.74. The van der Waals surface area contributed by atoms with Crippen LogP contribution in [0.5, 0.6) is 0 Å². The number of amides is 2. The van der Waals surface area contributed by atoms with Gasteiger partial charge in [-0.3, -0.25) is 9.59 Å². The van der Waals surface area contributed by atoms with Gasteiger partial charge in [0, 0.05) is 6.54 Å². The lowest BCUT2D eigenvalue weighted by Gasteiger charge is -2.44. The lowest BCUT2D eigenvalue weighted by molar-refractivity contribution is -0.154. The Morgan fingerprint density at radius 2 is 1.80 bits per heavy atom. The van der Waals surface area contributed by atoms with Crippen molar-refractivity contribution in [2.24, 2.45) is 17.8 Å². The van der Waals surface area contributed by atoms with Gasteiger partial charge in [-0.05, 0) is 63.7 Å². The molecule has 2 aliphatic carbocycles. The van der Waals surface area contributed by atoms with E-state index in [1.54, 1.807) is 0 Å². The fraction of sp³-hybridized carbons (Fsp3) is 0.875. The van der Waals surface area contributed by atoms with Gasteiger partial charge < -0.3 is 10.2 Å². The first-order valence-electron chi connectivity index (χ1n) is 8.09. The van der Waals surface area contributed by atoms with Crippen LogP contribution in [0, 0.1) is 17.8 Å². The standard InChI is InChI=1S/C16H26N2O2/c1-4-16(3)15(20)18(10(2)14(19)17-16)9-13(11-5-6-11)12-7-8-12/h10-13H,4-9H2,1-3H3,(H,17,19). The van der Waals surface area contributed by atoms with E-state index in [9.17, 15) is 9.59 Å². The van der Waals surface area contributed by atoms with Crippen molar-refractivity contribution in [1.82, 2.24) is 10.2 Å². The second-order valence-electron chi connectivity index (χ2n) is 7.15. The largest absolute Gasteiger partial charge is 0.340 e. The maximum atomic E-state index is 12.8. The highest BCUT2D eigenvalue weighted by atomic mass is 16.2. The average Bonchev–Trinajstić information content (AvgIpc) is 3.27. The lowest BCUT2D eigenvalue weighted by atomic mass is 9.89. The summed E-state index contributed by atoms with van der Waals surface area (Å²) in [5, 5.41) is 2.90. The Kier molecular flexibility index (Phi) is 3.30. The number of nitrogens with one attached hydrogen (secondary N) is 1. The molecule has 0 radical (unpaired) electrons. The predicted molar refractivity (Wildman–Crippen MR) is 77.0 cm³/mol. The number of carbonyl (C=O) groups excluding carboxylic acids is 2. The van der Waals surface area contributed by atoms with E-state index in [1.165, 1.54) is 25.7 Å². The van der Waals surface area contributed by atoms with Crippen LogP contribution in [-0.2, 0) is 9.59 Å². The minimum atomic E-state index is -0.707. The van der Waals surface area contributed by atoms with Crippen molar-refractivity contribution < 1.29 is 9.59 Å². The first-order valence-corrected chi connectivity index (χ1v) is 8.09. The molecule has 1 N–H and O–H groups in total. The Hall–Kier alpha value is -1.06. The molecule has 0 bridgehead atoms. The van der Waals surface area contributed by atoms with Crippen LogP contribution >= 0.6 is 0 Å². The van der Waals surface area contributed by atoms with E-state index in [4.69, 9.17) is 0 Å². The molecule has 3 aliphatic rings. The molecule has 0 aromatic heterocycles. The molecule has 1 saturated heterocycles. The van der Waals surface area contributed by atoms with Crippen molar-refractivity contribution in [3.8, 4) is 0 Å². The minimum absolute atomic E-state index is 0.000654. The van der Waals surface area contributed by atoms with Crippen LogP contribution in [0.1, 0.15) is 52.9 Å². The summed E-state index contributed by atoms with van der Waals surface area (Å²) in [4.78, 5) is 26.8. The van der Waals surface area contributed by atoms with Crippen molar-refractivity contribution in [2.75, 3.05) is 6.54 Å². The molecule has 2 unspecified atom stereocenters. The fourth-order valence-corrected chi connectivity index (χ4v) is 3.50. The van der Waals surface area contributed by atoms with Crippen LogP contribution in [0.3, 0.4) is 0 Å². The molecule has 1 aliphatic heterocycles. The molecular weight excluding hydrogens is 252 g/mol. The van der Waals surface area contributed by atoms with Gasteiger partial charge in [0.05, 0.1) is 0 Å². The van der Waals surface area contributed by atoms with Gasteiger partial charge in [0.15, 0.2) is 0 Å². The molecule has 2 atom stereocenters. The summed E-state index contributed by atoms with van der Waals surface area (Å²) in [7, 11) is 0. The number of carbonyl (C=O) groups is 2. The summed E-state index contributed by atoms with van der Waals surface area (Å²) in [5.74, 6) is 2.35. The lowest BCUT2D eigenvalue weighted by Crippen LogP contribution is -2.68. The van der Waals surface area contributed by atoms with Gasteiger partial charge in [-0.15, -0.1) is 0 Å². The second-order valence-corrected chi connectivity index (χ2v) is 7.15. The Morgan fingerprint density at radius 1 is 1.25 bits per heavy atom. The maximum absolute atomic E-state index is 12.8. The molecule has 0 aromatic carbocycles. The number of hydrogen-bond donors (Lipinski definition) is 1. The van der Waals surface area contributed by atoms with Crippen LogP contribution in [0.2, 0.25) is 0 Å². The zero-order chi connectivity index (χ0) is 14.5. The number of hydrogen-bond acceptors (Lipinski definition) is 2. The topological polar surface area (TPSA) is 49.4 Å². The molecule has 2 saturated carbocycles. The van der Waals surface area contributed by atoms with Crippen LogP contribution in [0.15, 0.2) is 0 Å². The normalized spacial score (nSPS) is 34.6. The van der Waals surface area contributed by atoms with Crippen LogP contribution in [0.25, 0.3) is 0 Å². The molecular formula is C16H26N2O2. The van der Waals surface area contributed by atoms with Gasteiger partial charge >= 0.3 is 0 Å². The molecule has 2 amide bonds. The van der Waals surface area contributed by atoms with E-state index >= 15 is 0 Å². The third kappa shape index (κ3) is 2.33. The molecule has 112 valence electrons. The Morgan fingerprint density at radius 3 is 2.25 bits per heavy atom. The summed E-state index contributed by atoms with van der Waals surface area (Å²) in [6.07, 6.45) is 5.91. The van der Waals surface area contributed by atoms with Gasteiger partial charge in [0.1, 0.15) is 11.6 Å². The van der Waals surface area contributed by atoms with Crippen LogP contribution in [-0.4, -0.2) is 34.8 Å². The molecule has 4 nitrogen and oxygen atoms in total. The SMILES string of the molecule is CCC1(C)NC(=O)C(C)N(CC(C2CC2)C2CC2)C1=O. The van der Waals surface area contributed by atoms with E-state index in [2.05, 4.69) is 5.32 Å². The smallest absolute Gasteiger partial charge is 0.248 e. The van der Waals surface area contributed by atoms with Crippen molar-refractivity contribution in [3.63, 3.8) is 0 Å². The van der Waals surface area contributed by atoms with E-state index in [1.807, 2.05) is 25.7 Å². The van der Waals surface area contributed by atoms with Gasteiger partial charge in [-0.1, -0.05) is 6.92 Å². The van der Waals surface area contributed by atoms with Crippen molar-refractivity contribution >= 4 is 11.8 Å². The van der Waals surface area contributed by atoms with Gasteiger partial charge in [0.25, 0.3) is 0 Å². The minimum Gasteiger partial charge on any atom is -0.340 e. The van der Waals surface area contributed by atoms with Gasteiger partial charge in [-0.2, -0.15) is 0 Å². The predicted octanol–water partition coefficient (Wildman–Crippen LogP) is 1.94. The van der Waals surface area contributed by atoms with E-state index in [0.717, 1.165) is 18.4 Å². The average molecular weight is 278 g/mol. The fourth-order valence-electron chi connectivity index (χ4n) is 3.50. The zero-order valence-electron chi connectivity index (χ0n) is 12.8. The maximum Gasteiger partial charge on any atom is 0.248 e. The molecule has 0 spiro atoms. The molecule has 20 heavy (non-hydrogen) atoms. The van der Waals surface area contributed by atoms with Crippen molar-refractivity contribution in [1.29, 1.82) is 0 Å². The van der Waals surface area contributed by atoms with E-state index in [-0.39, 0.29) is 17.9 Å². The summed E-state index contributed by atoms with van der Waals surface area (Å²) in [5.41, 5.74) is -0.707. The van der Waals surface area contributed by atoms with Gasteiger partial charge in [-0.25, -0.2) is 0 Å².